The molecule has 1 aliphatic carbocycles. The second-order valence-electron chi connectivity index (χ2n) is 13.0. The Morgan fingerprint density at radius 1 is 1.20 bits per heavy atom. The summed E-state index contributed by atoms with van der Waals surface area (Å²) in [6, 6.07) is 9.67. The molecule has 1 amide bonds. The molecule has 6 unspecified atom stereocenters. The number of halogens is 1. The predicted octanol–water partition coefficient (Wildman–Crippen LogP) is 6.50. The Labute approximate surface area is 275 Å². The van der Waals surface area contributed by atoms with Crippen molar-refractivity contribution in [1.29, 1.82) is 0 Å². The topological polar surface area (TPSA) is 90.0 Å². The van der Waals surface area contributed by atoms with Crippen molar-refractivity contribution in [3.05, 3.63) is 64.3 Å². The molecule has 0 spiro atoms. The number of aryl methyl sites for hydroxylation is 1. The fourth-order valence-electron chi connectivity index (χ4n) is 7.20. The molecule has 2 bridgehead atoms. The molecule has 1 saturated carbocycles. The lowest BCUT2D eigenvalue weighted by Gasteiger charge is -2.48. The number of carbonyl (C=O) groups is 1. The quantitative estimate of drug-likeness (QED) is 0.340. The normalized spacial score (nSPS) is 31.2. The molecule has 0 saturated heterocycles. The van der Waals surface area contributed by atoms with Crippen LogP contribution >= 0.6 is 11.6 Å². The first-order chi connectivity index (χ1) is 21.7. The van der Waals surface area contributed by atoms with Crippen LogP contribution in [-0.2, 0) is 26.9 Å². The minimum atomic E-state index is -1.63. The molecule has 1 aromatic carbocycles. The Morgan fingerprint density at radius 3 is 2.73 bits per heavy atom. The molecule has 1 fully saturated rings. The molecule has 8 nitrogen and oxygen atoms in total. The molecular weight excluding hydrogens is 610 g/mol. The third kappa shape index (κ3) is 7.58. The summed E-state index contributed by atoms with van der Waals surface area (Å²) in [7, 11) is 1.80. The third-order valence-corrected chi connectivity index (χ3v) is 11.9. The van der Waals surface area contributed by atoms with Crippen LogP contribution in [0.2, 0.25) is 5.02 Å². The Bertz CT molecular complexity index is 1410. The van der Waals surface area contributed by atoms with Crippen LogP contribution in [0.25, 0.3) is 0 Å². The van der Waals surface area contributed by atoms with Crippen LogP contribution in [-0.4, -0.2) is 66.5 Å². The Morgan fingerprint density at radius 2 is 2.02 bits per heavy atom. The van der Waals surface area contributed by atoms with E-state index in [4.69, 9.17) is 30.8 Å². The molecular formula is C35H48ClN3O5S. The summed E-state index contributed by atoms with van der Waals surface area (Å²) in [5, 5.41) is 0.456. The number of benzene rings is 1. The molecule has 5 rings (SSSR count). The number of anilines is 1. The van der Waals surface area contributed by atoms with Gasteiger partial charge in [0, 0.05) is 44.9 Å². The number of methoxy groups -OCH3 is 2. The van der Waals surface area contributed by atoms with Crippen molar-refractivity contribution in [3.63, 3.8) is 0 Å². The smallest absolute Gasteiger partial charge is 0.281 e. The molecule has 10 heteroatoms. The minimum Gasteiger partial charge on any atom is -0.489 e. The number of pyridine rings is 1. The van der Waals surface area contributed by atoms with Crippen molar-refractivity contribution < 1.29 is 23.2 Å². The number of allylic oxidation sites excluding steroid dienone is 1. The standard InChI is InChI=1S/C35H48ClN3O5S/c1-6-8-24-19-27(36)11-12-28(24)26-21-39-20-25-10-13-29(25)35(3,43-5)17-7-9-23(2)32(16-18-42-4)45(41)38-34(40)30-14-15-31(44-22-26)33(39)37-30/h7,11-12,14-15,17,19,23,25-26,29,32H,6,8-10,13,16,18,20-22H2,1-5H3,(H,38,40)/b17-7+/t23?,25?,26?,29?,32?,35-,45?/m0/s1. The van der Waals surface area contributed by atoms with E-state index >= 15 is 0 Å². The molecule has 0 radical (unpaired) electrons. The number of hydrogen-bond acceptors (Lipinski definition) is 7. The summed E-state index contributed by atoms with van der Waals surface area (Å²) in [4.78, 5) is 20.7. The Hall–Kier alpha value is -2.46. The van der Waals surface area contributed by atoms with Crippen LogP contribution in [0, 0.1) is 17.8 Å². The maximum absolute atomic E-state index is 13.6. The summed E-state index contributed by atoms with van der Waals surface area (Å²) < 4.78 is 34.3. The highest BCUT2D eigenvalue weighted by atomic mass is 35.5. The van der Waals surface area contributed by atoms with E-state index in [9.17, 15) is 9.00 Å². The monoisotopic (exact) mass is 657 g/mol. The average Bonchev–Trinajstić information content (AvgIpc) is 3.18. The van der Waals surface area contributed by atoms with Gasteiger partial charge in [0.1, 0.15) is 16.7 Å². The molecule has 2 aromatic rings. The fourth-order valence-corrected chi connectivity index (χ4v) is 8.67. The first kappa shape index (κ1) is 33.9. The fraction of sp³-hybridized carbons (Fsp3) is 0.600. The predicted molar refractivity (Wildman–Crippen MR) is 181 cm³/mol. The van der Waals surface area contributed by atoms with Gasteiger partial charge >= 0.3 is 0 Å². The van der Waals surface area contributed by atoms with Gasteiger partial charge in [0.05, 0.1) is 17.5 Å². The number of ether oxygens (including phenoxy) is 3. The first-order valence-corrected chi connectivity index (χ1v) is 17.9. The van der Waals surface area contributed by atoms with Crippen molar-refractivity contribution in [2.75, 3.05) is 45.4 Å². The highest BCUT2D eigenvalue weighted by Gasteiger charge is 2.45. The number of nitrogens with zero attached hydrogens (tertiary/aromatic N) is 2. The number of aromatic nitrogens is 1. The highest BCUT2D eigenvalue weighted by molar-refractivity contribution is 7.84. The van der Waals surface area contributed by atoms with Gasteiger partial charge in [-0.15, -0.1) is 0 Å². The lowest BCUT2D eigenvalue weighted by Crippen LogP contribution is -2.50. The average molecular weight is 658 g/mol. The van der Waals surface area contributed by atoms with Crippen LogP contribution < -0.4 is 14.4 Å². The highest BCUT2D eigenvalue weighted by Crippen LogP contribution is 2.46. The first-order valence-electron chi connectivity index (χ1n) is 16.3. The van der Waals surface area contributed by atoms with E-state index in [0.717, 1.165) is 43.7 Å². The van der Waals surface area contributed by atoms with Gasteiger partial charge in [0.2, 0.25) is 0 Å². The van der Waals surface area contributed by atoms with E-state index < -0.39 is 22.5 Å². The SMILES string of the molecule is CCCc1cc(Cl)ccc1C1COc2ccc3nc2N(C1)CC1CCC1[C@@](C)(OC)/C=C/CC(C)C(CCOC)S(=O)NC3=O. The lowest BCUT2D eigenvalue weighted by atomic mass is 9.64. The largest absolute Gasteiger partial charge is 0.489 e. The van der Waals surface area contributed by atoms with Gasteiger partial charge in [-0.05, 0) is 92.2 Å². The van der Waals surface area contributed by atoms with Gasteiger partial charge < -0.3 is 19.1 Å². The Balaban J connectivity index is 1.55. The van der Waals surface area contributed by atoms with Crippen molar-refractivity contribution in [1.82, 2.24) is 9.71 Å². The van der Waals surface area contributed by atoms with Gasteiger partial charge in [0.15, 0.2) is 11.6 Å². The van der Waals surface area contributed by atoms with Crippen LogP contribution in [0.3, 0.4) is 0 Å². The van der Waals surface area contributed by atoms with Crippen LogP contribution in [0.1, 0.15) is 80.4 Å². The van der Waals surface area contributed by atoms with Gasteiger partial charge in [-0.25, -0.2) is 9.19 Å². The Kier molecular flexibility index (Phi) is 11.3. The van der Waals surface area contributed by atoms with Gasteiger partial charge in [0.25, 0.3) is 5.91 Å². The van der Waals surface area contributed by atoms with Crippen molar-refractivity contribution in [2.45, 2.75) is 76.1 Å². The summed E-state index contributed by atoms with van der Waals surface area (Å²) in [5.74, 6) is 1.68. The molecule has 1 N–H and O–H groups in total. The zero-order valence-corrected chi connectivity index (χ0v) is 28.8. The van der Waals surface area contributed by atoms with Crippen LogP contribution in [0.5, 0.6) is 5.75 Å². The van der Waals surface area contributed by atoms with Crippen molar-refractivity contribution in [3.8, 4) is 5.75 Å². The van der Waals surface area contributed by atoms with E-state index in [0.29, 0.717) is 49.6 Å². The zero-order chi connectivity index (χ0) is 32.1. The van der Waals surface area contributed by atoms with E-state index in [1.807, 2.05) is 12.1 Å². The molecule has 2 aliphatic heterocycles. The summed E-state index contributed by atoms with van der Waals surface area (Å²) in [6.45, 7) is 8.83. The van der Waals surface area contributed by atoms with E-state index in [2.05, 4.69) is 54.7 Å². The number of carbonyl (C=O) groups excluding carboxylic acids is 1. The van der Waals surface area contributed by atoms with E-state index in [-0.39, 0.29) is 22.8 Å². The second kappa shape index (κ2) is 15.0. The maximum Gasteiger partial charge on any atom is 0.281 e. The van der Waals surface area contributed by atoms with Crippen LogP contribution in [0.15, 0.2) is 42.5 Å². The van der Waals surface area contributed by atoms with E-state index in [1.165, 1.54) is 11.1 Å². The summed E-state index contributed by atoms with van der Waals surface area (Å²) >= 11 is 6.42. The second-order valence-corrected chi connectivity index (χ2v) is 14.9. The molecule has 246 valence electrons. The van der Waals surface area contributed by atoms with Gasteiger partial charge in [-0.1, -0.05) is 50.1 Å². The van der Waals surface area contributed by atoms with Gasteiger partial charge in [-0.3, -0.25) is 9.52 Å². The maximum atomic E-state index is 13.6. The van der Waals surface area contributed by atoms with E-state index in [1.54, 1.807) is 20.3 Å². The number of rotatable bonds is 7. The number of nitrogens with one attached hydrogen (secondary N) is 1. The lowest BCUT2D eigenvalue weighted by molar-refractivity contribution is -0.0621. The number of fused-ring (bicyclic) bond motifs is 2. The molecule has 3 aliphatic rings. The number of amides is 1. The zero-order valence-electron chi connectivity index (χ0n) is 27.2. The molecule has 3 heterocycles. The summed E-state index contributed by atoms with van der Waals surface area (Å²) in [6.07, 6.45) is 9.77. The van der Waals surface area contributed by atoms with Crippen molar-refractivity contribution >= 4 is 34.3 Å². The number of hydrogen-bond donors (Lipinski definition) is 1. The molecule has 7 atom stereocenters. The molecule has 45 heavy (non-hydrogen) atoms. The third-order valence-electron chi connectivity index (χ3n) is 10.0. The van der Waals surface area contributed by atoms with Crippen molar-refractivity contribution in [2.24, 2.45) is 17.8 Å². The molecule has 1 aromatic heterocycles. The van der Waals surface area contributed by atoms with Crippen LogP contribution in [0.4, 0.5) is 5.82 Å². The van der Waals surface area contributed by atoms with Gasteiger partial charge in [-0.2, -0.15) is 0 Å². The summed E-state index contributed by atoms with van der Waals surface area (Å²) in [5.41, 5.74) is 2.27. The minimum absolute atomic E-state index is 0.0510.